The van der Waals surface area contributed by atoms with Gasteiger partial charge in [-0.1, -0.05) is 12.2 Å². The summed E-state index contributed by atoms with van der Waals surface area (Å²) in [5, 5.41) is 11.9. The van der Waals surface area contributed by atoms with Gasteiger partial charge >= 0.3 is 12.0 Å². The number of carboxylic acids is 1. The zero-order valence-electron chi connectivity index (χ0n) is 10.9. The molecule has 2 unspecified atom stereocenters. The summed E-state index contributed by atoms with van der Waals surface area (Å²) < 4.78 is 0. The lowest BCUT2D eigenvalue weighted by molar-refractivity contribution is -0.137. The van der Waals surface area contributed by atoms with Gasteiger partial charge in [-0.05, 0) is 19.3 Å². The molecule has 0 radical (unpaired) electrons. The third-order valence-electron chi connectivity index (χ3n) is 3.50. The van der Waals surface area contributed by atoms with Gasteiger partial charge in [0.15, 0.2) is 0 Å². The van der Waals surface area contributed by atoms with Crippen LogP contribution in [0.15, 0.2) is 12.2 Å². The molecule has 6 heteroatoms. The van der Waals surface area contributed by atoms with Crippen molar-refractivity contribution in [2.24, 2.45) is 0 Å². The Balaban J connectivity index is 1.90. The number of nitrogens with zero attached hydrogens (tertiary/aromatic N) is 1. The van der Waals surface area contributed by atoms with Crippen molar-refractivity contribution in [3.63, 3.8) is 0 Å². The molecule has 0 aromatic heterocycles. The second kappa shape index (κ2) is 6.84. The number of carboxylic acid groups (broad SMARTS) is 1. The van der Waals surface area contributed by atoms with E-state index in [9.17, 15) is 9.59 Å². The summed E-state index contributed by atoms with van der Waals surface area (Å²) in [5.41, 5.74) is 0. The van der Waals surface area contributed by atoms with Gasteiger partial charge in [0.2, 0.25) is 0 Å². The Morgan fingerprint density at radius 3 is 2.95 bits per heavy atom. The fourth-order valence-corrected chi connectivity index (χ4v) is 3.54. The number of carbonyl (C=O) groups is 2. The first-order chi connectivity index (χ1) is 9.16. The van der Waals surface area contributed by atoms with Crippen LogP contribution in [0.3, 0.4) is 0 Å². The second-order valence-corrected chi connectivity index (χ2v) is 6.10. The van der Waals surface area contributed by atoms with Crippen molar-refractivity contribution in [1.82, 2.24) is 10.2 Å². The third-order valence-corrected chi connectivity index (χ3v) is 4.59. The highest BCUT2D eigenvalue weighted by Crippen LogP contribution is 2.20. The lowest BCUT2D eigenvalue weighted by atomic mass is 10.0. The van der Waals surface area contributed by atoms with Crippen LogP contribution < -0.4 is 5.32 Å². The fourth-order valence-electron chi connectivity index (χ4n) is 2.48. The normalized spacial score (nSPS) is 27.1. The zero-order chi connectivity index (χ0) is 13.7. The summed E-state index contributed by atoms with van der Waals surface area (Å²) in [6, 6.07) is -0.0974. The van der Waals surface area contributed by atoms with Gasteiger partial charge in [0.1, 0.15) is 0 Å². The first-order valence-corrected chi connectivity index (χ1v) is 7.84. The largest absolute Gasteiger partial charge is 0.481 e. The van der Waals surface area contributed by atoms with Gasteiger partial charge in [-0.15, -0.1) is 0 Å². The Bertz CT molecular complexity index is 373. The van der Waals surface area contributed by atoms with E-state index in [1.807, 2.05) is 0 Å². The molecule has 2 atom stereocenters. The summed E-state index contributed by atoms with van der Waals surface area (Å²) in [5.74, 6) is 0.754. The standard InChI is InChI=1S/C13H20N2O3S/c16-12(17)8-11-9-19-7-6-15(11)13(18)14-10-4-2-1-3-5-10/h1-2,10-11H,3-9H2,(H,14,18)(H,16,17). The molecule has 1 fully saturated rings. The van der Waals surface area contributed by atoms with Gasteiger partial charge in [0, 0.05) is 24.1 Å². The van der Waals surface area contributed by atoms with Crippen LogP contribution in [0.1, 0.15) is 25.7 Å². The number of aliphatic carboxylic acids is 1. The third kappa shape index (κ3) is 4.16. The summed E-state index contributed by atoms with van der Waals surface area (Å²) in [4.78, 5) is 24.8. The van der Waals surface area contributed by atoms with Gasteiger partial charge < -0.3 is 15.3 Å². The minimum absolute atomic E-state index is 0.0327. The number of urea groups is 1. The van der Waals surface area contributed by atoms with E-state index in [1.165, 1.54) is 0 Å². The molecule has 2 amide bonds. The highest BCUT2D eigenvalue weighted by molar-refractivity contribution is 7.99. The molecule has 5 nitrogen and oxygen atoms in total. The number of rotatable bonds is 3. The quantitative estimate of drug-likeness (QED) is 0.774. The van der Waals surface area contributed by atoms with Crippen molar-refractivity contribution in [3.8, 4) is 0 Å². The van der Waals surface area contributed by atoms with Gasteiger partial charge in [-0.25, -0.2) is 4.79 Å². The zero-order valence-corrected chi connectivity index (χ0v) is 11.7. The van der Waals surface area contributed by atoms with Crippen LogP contribution in [0.4, 0.5) is 4.79 Å². The maximum atomic E-state index is 12.2. The van der Waals surface area contributed by atoms with Crippen molar-refractivity contribution in [1.29, 1.82) is 0 Å². The van der Waals surface area contributed by atoms with E-state index in [2.05, 4.69) is 17.5 Å². The van der Waals surface area contributed by atoms with Crippen LogP contribution >= 0.6 is 11.8 Å². The molecule has 0 saturated carbocycles. The predicted octanol–water partition coefficient (Wildman–Crippen LogP) is 1.70. The van der Waals surface area contributed by atoms with Crippen molar-refractivity contribution >= 4 is 23.8 Å². The maximum Gasteiger partial charge on any atom is 0.317 e. The molecule has 2 rings (SSSR count). The highest BCUT2D eigenvalue weighted by Gasteiger charge is 2.29. The van der Waals surface area contributed by atoms with E-state index in [-0.39, 0.29) is 24.5 Å². The average molecular weight is 284 g/mol. The van der Waals surface area contributed by atoms with E-state index in [0.717, 1.165) is 25.0 Å². The number of allylic oxidation sites excluding steroid dienone is 1. The van der Waals surface area contributed by atoms with Crippen LogP contribution in [0.25, 0.3) is 0 Å². The lowest BCUT2D eigenvalue weighted by Gasteiger charge is -2.36. The van der Waals surface area contributed by atoms with Crippen molar-refractivity contribution in [2.45, 2.75) is 37.8 Å². The van der Waals surface area contributed by atoms with Gasteiger partial charge in [-0.2, -0.15) is 11.8 Å². The number of hydrogen-bond donors (Lipinski definition) is 2. The topological polar surface area (TPSA) is 69.6 Å². The summed E-state index contributed by atoms with van der Waals surface area (Å²) in [7, 11) is 0. The molecule has 19 heavy (non-hydrogen) atoms. The molecule has 0 aromatic rings. The lowest BCUT2D eigenvalue weighted by Crippen LogP contribution is -2.53. The molecular formula is C13H20N2O3S. The minimum atomic E-state index is -0.842. The first kappa shape index (κ1) is 14.2. The molecule has 1 aliphatic heterocycles. The SMILES string of the molecule is O=C(O)CC1CSCCN1C(=O)NC1CC=CCC1. The molecular weight excluding hydrogens is 264 g/mol. The molecule has 0 spiro atoms. The first-order valence-electron chi connectivity index (χ1n) is 6.68. The Morgan fingerprint density at radius 2 is 2.26 bits per heavy atom. The summed E-state index contributed by atoms with van der Waals surface area (Å²) in [6.45, 7) is 0.636. The Morgan fingerprint density at radius 1 is 1.42 bits per heavy atom. The monoisotopic (exact) mass is 284 g/mol. The van der Waals surface area contributed by atoms with Crippen LogP contribution in [-0.4, -0.2) is 52.1 Å². The molecule has 1 saturated heterocycles. The van der Waals surface area contributed by atoms with Crippen LogP contribution in [0, 0.1) is 0 Å². The van der Waals surface area contributed by atoms with Crippen molar-refractivity contribution in [2.75, 3.05) is 18.1 Å². The van der Waals surface area contributed by atoms with Crippen LogP contribution in [-0.2, 0) is 4.79 Å². The van der Waals surface area contributed by atoms with E-state index < -0.39 is 5.97 Å². The van der Waals surface area contributed by atoms with E-state index in [4.69, 9.17) is 5.11 Å². The van der Waals surface area contributed by atoms with Crippen molar-refractivity contribution < 1.29 is 14.7 Å². The van der Waals surface area contributed by atoms with E-state index in [1.54, 1.807) is 16.7 Å². The Hall–Kier alpha value is -1.17. The second-order valence-electron chi connectivity index (χ2n) is 4.95. The number of carbonyl (C=O) groups excluding carboxylic acids is 1. The predicted molar refractivity (Wildman–Crippen MR) is 75.4 cm³/mol. The van der Waals surface area contributed by atoms with Gasteiger partial charge in [0.25, 0.3) is 0 Å². The number of thioether (sulfide) groups is 1. The Labute approximate surface area is 117 Å². The molecule has 1 heterocycles. The molecule has 0 bridgehead atoms. The molecule has 2 aliphatic rings. The number of nitrogens with one attached hydrogen (secondary N) is 1. The molecule has 2 N–H and O–H groups in total. The minimum Gasteiger partial charge on any atom is -0.481 e. The maximum absolute atomic E-state index is 12.2. The summed E-state index contributed by atoms with van der Waals surface area (Å²) >= 11 is 1.72. The van der Waals surface area contributed by atoms with Crippen LogP contribution in [0.5, 0.6) is 0 Å². The van der Waals surface area contributed by atoms with E-state index in [0.29, 0.717) is 12.3 Å². The summed E-state index contributed by atoms with van der Waals surface area (Å²) in [6.07, 6.45) is 7.10. The molecule has 1 aliphatic carbocycles. The number of amides is 2. The van der Waals surface area contributed by atoms with E-state index >= 15 is 0 Å². The smallest absolute Gasteiger partial charge is 0.317 e. The van der Waals surface area contributed by atoms with Gasteiger partial charge in [0.05, 0.1) is 12.5 Å². The molecule has 106 valence electrons. The average Bonchev–Trinajstić information content (AvgIpc) is 2.39. The van der Waals surface area contributed by atoms with Gasteiger partial charge in [-0.3, -0.25) is 4.79 Å². The number of hydrogen-bond acceptors (Lipinski definition) is 3. The van der Waals surface area contributed by atoms with Crippen molar-refractivity contribution in [3.05, 3.63) is 12.2 Å². The fraction of sp³-hybridized carbons (Fsp3) is 0.692. The van der Waals surface area contributed by atoms with Crippen LogP contribution in [0.2, 0.25) is 0 Å². The Kier molecular flexibility index (Phi) is 5.13. The highest BCUT2D eigenvalue weighted by atomic mass is 32.2. The molecule has 0 aromatic carbocycles.